The number of carbonyl (C=O) groups excluding carboxylic acids is 1. The molecule has 0 aliphatic carbocycles. The van der Waals surface area contributed by atoms with Crippen LogP contribution in [-0.4, -0.2) is 91.1 Å². The highest BCUT2D eigenvalue weighted by Gasteiger charge is 2.40. The van der Waals surface area contributed by atoms with Crippen LogP contribution in [0, 0.1) is 23.2 Å². The van der Waals surface area contributed by atoms with Crippen LogP contribution in [0.15, 0.2) is 46.6 Å². The summed E-state index contributed by atoms with van der Waals surface area (Å²) >= 11 is 0. The third-order valence-corrected chi connectivity index (χ3v) is 6.85. The van der Waals surface area contributed by atoms with E-state index in [1.54, 1.807) is 0 Å². The van der Waals surface area contributed by atoms with Crippen LogP contribution in [0.5, 0.6) is 0 Å². The lowest BCUT2D eigenvalue weighted by molar-refractivity contribution is -0.138. The van der Waals surface area contributed by atoms with Gasteiger partial charge in [0.05, 0.1) is 22.8 Å². The molecular weight excluding hydrogens is 578 g/mol. The minimum atomic E-state index is -4.74. The lowest BCUT2D eigenvalue weighted by atomic mass is 10.00. The minimum Gasteiger partial charge on any atom is -0.322 e. The van der Waals surface area contributed by atoms with Crippen molar-refractivity contribution in [2.24, 2.45) is 15.9 Å². The number of aromatic nitrogens is 1. The van der Waals surface area contributed by atoms with Crippen LogP contribution in [-0.2, 0) is 12.7 Å². The number of pyridine rings is 1. The van der Waals surface area contributed by atoms with Crippen LogP contribution in [0.4, 0.5) is 32.0 Å². The molecule has 1 amide bonds. The van der Waals surface area contributed by atoms with Crippen LogP contribution < -0.4 is 10.6 Å². The first-order valence-corrected chi connectivity index (χ1v) is 13.1. The van der Waals surface area contributed by atoms with Crippen LogP contribution >= 0.6 is 0 Å². The van der Waals surface area contributed by atoms with Gasteiger partial charge in [-0.2, -0.15) is 26.3 Å². The first-order chi connectivity index (χ1) is 20.2. The third-order valence-electron chi connectivity index (χ3n) is 6.85. The molecule has 1 fully saturated rings. The van der Waals surface area contributed by atoms with E-state index in [0.29, 0.717) is 13.1 Å². The molecule has 9 nitrogen and oxygen atoms in total. The minimum absolute atomic E-state index is 0.000140. The molecule has 4 rings (SSSR count). The summed E-state index contributed by atoms with van der Waals surface area (Å²) in [7, 11) is 3.35. The Morgan fingerprint density at radius 2 is 1.79 bits per heavy atom. The normalized spacial score (nSPS) is 19.8. The standard InChI is InChI=1S/C28H28F6N8O/c1-36-24-21(15-38-26(40-24)28(32,33)34)23(35)6-3-17-11-19(14-37-13-17)25(43)39-20-5-4-18(22(12-20)27(29,30)31)16-42-9-7-41(2)8-10-42/h4-5,11-15,21,24,35-36H,7-10,16H2,1-2H3,(H,39,43). The molecule has 1 saturated heterocycles. The van der Waals surface area contributed by atoms with E-state index in [9.17, 15) is 31.1 Å². The summed E-state index contributed by atoms with van der Waals surface area (Å²) in [6.07, 6.45) is -7.02. The Morgan fingerprint density at radius 1 is 1.07 bits per heavy atom. The Labute approximate surface area is 243 Å². The number of hydrogen-bond acceptors (Lipinski definition) is 8. The fraction of sp³-hybridized carbons (Fsp3) is 0.393. The van der Waals surface area contributed by atoms with Gasteiger partial charge in [0, 0.05) is 62.6 Å². The van der Waals surface area contributed by atoms with Crippen molar-refractivity contribution in [3.05, 3.63) is 58.9 Å². The zero-order valence-corrected chi connectivity index (χ0v) is 23.1. The first-order valence-electron chi connectivity index (χ1n) is 13.1. The van der Waals surface area contributed by atoms with Gasteiger partial charge in [0.25, 0.3) is 5.91 Å². The first kappa shape index (κ1) is 31.8. The molecule has 2 unspecified atom stereocenters. The SMILES string of the molecule is CNC1N=C(C(F)(F)F)N=CC1C(=N)C#Cc1cncc(C(=O)Nc2ccc(CN3CCN(C)CC3)c(C(F)(F)F)c2)c1. The fourth-order valence-corrected chi connectivity index (χ4v) is 4.46. The van der Waals surface area contributed by atoms with Gasteiger partial charge >= 0.3 is 12.4 Å². The number of amidine groups is 1. The van der Waals surface area contributed by atoms with Crippen molar-refractivity contribution in [3.63, 3.8) is 0 Å². The number of carbonyl (C=O) groups is 1. The number of amides is 1. The van der Waals surface area contributed by atoms with E-state index in [4.69, 9.17) is 5.41 Å². The van der Waals surface area contributed by atoms with E-state index >= 15 is 0 Å². The lowest BCUT2D eigenvalue weighted by Gasteiger charge is -2.33. The summed E-state index contributed by atoms with van der Waals surface area (Å²) in [5.74, 6) is 2.13. The number of halogens is 6. The Balaban J connectivity index is 1.46. The van der Waals surface area contributed by atoms with Crippen molar-refractivity contribution in [2.45, 2.75) is 25.1 Å². The van der Waals surface area contributed by atoms with E-state index in [-0.39, 0.29) is 34.6 Å². The van der Waals surface area contributed by atoms with Gasteiger partial charge in [0.1, 0.15) is 6.17 Å². The number of benzene rings is 1. The molecular formula is C28H28F6N8O. The largest absolute Gasteiger partial charge is 0.451 e. The maximum absolute atomic E-state index is 13.9. The summed E-state index contributed by atoms with van der Waals surface area (Å²) in [6, 6.07) is 5.00. The van der Waals surface area contributed by atoms with Gasteiger partial charge in [0.2, 0.25) is 5.84 Å². The summed E-state index contributed by atoms with van der Waals surface area (Å²) in [6.45, 7) is 2.95. The highest BCUT2D eigenvalue weighted by Crippen LogP contribution is 2.34. The number of hydrogen-bond donors (Lipinski definition) is 3. The van der Waals surface area contributed by atoms with Crippen LogP contribution in [0.2, 0.25) is 0 Å². The van der Waals surface area contributed by atoms with Gasteiger partial charge in [-0.05, 0) is 43.8 Å². The Morgan fingerprint density at radius 3 is 2.44 bits per heavy atom. The van der Waals surface area contributed by atoms with E-state index in [0.717, 1.165) is 25.4 Å². The fourth-order valence-electron chi connectivity index (χ4n) is 4.46. The average molecular weight is 607 g/mol. The molecule has 3 N–H and O–H groups in total. The Bertz CT molecular complexity index is 1480. The van der Waals surface area contributed by atoms with Gasteiger partial charge < -0.3 is 10.2 Å². The number of aliphatic imine (C=N–C) groups is 2. The van der Waals surface area contributed by atoms with E-state index in [2.05, 4.69) is 42.3 Å². The molecule has 0 spiro atoms. The number of nitrogens with zero attached hydrogens (tertiary/aromatic N) is 5. The van der Waals surface area contributed by atoms with Gasteiger partial charge in [-0.25, -0.2) is 9.98 Å². The van der Waals surface area contributed by atoms with Gasteiger partial charge in [-0.1, -0.05) is 12.0 Å². The molecule has 43 heavy (non-hydrogen) atoms. The van der Waals surface area contributed by atoms with Crippen LogP contribution in [0.3, 0.4) is 0 Å². The second kappa shape index (κ2) is 13.0. The second-order valence-corrected chi connectivity index (χ2v) is 10.0. The zero-order valence-electron chi connectivity index (χ0n) is 23.1. The summed E-state index contributed by atoms with van der Waals surface area (Å²) < 4.78 is 80.5. The monoisotopic (exact) mass is 606 g/mol. The molecule has 2 aliphatic heterocycles. The van der Waals surface area contributed by atoms with Crippen molar-refractivity contribution in [1.29, 1.82) is 5.41 Å². The topological polar surface area (TPSA) is 109 Å². The maximum Gasteiger partial charge on any atom is 0.451 e. The number of anilines is 1. The molecule has 0 bridgehead atoms. The molecule has 228 valence electrons. The number of piperazine rings is 1. The predicted molar refractivity (Wildman–Crippen MR) is 149 cm³/mol. The summed E-state index contributed by atoms with van der Waals surface area (Å²) in [5.41, 5.74) is -0.853. The van der Waals surface area contributed by atoms with Crippen molar-refractivity contribution in [1.82, 2.24) is 20.1 Å². The molecule has 0 radical (unpaired) electrons. The zero-order chi connectivity index (χ0) is 31.4. The van der Waals surface area contributed by atoms with E-state index < -0.39 is 41.7 Å². The molecule has 1 aromatic carbocycles. The molecule has 0 saturated carbocycles. The van der Waals surface area contributed by atoms with Crippen molar-refractivity contribution in [3.8, 4) is 11.8 Å². The molecule has 1 aromatic heterocycles. The summed E-state index contributed by atoms with van der Waals surface area (Å²) in [5, 5.41) is 13.3. The van der Waals surface area contributed by atoms with Gasteiger partial charge in [0.15, 0.2) is 0 Å². The average Bonchev–Trinajstić information content (AvgIpc) is 2.96. The molecule has 2 aliphatic rings. The molecule has 15 heteroatoms. The smallest absolute Gasteiger partial charge is 0.322 e. The van der Waals surface area contributed by atoms with Crippen molar-refractivity contribution in [2.75, 3.05) is 45.6 Å². The number of alkyl halides is 6. The molecule has 2 aromatic rings. The van der Waals surface area contributed by atoms with E-state index in [1.165, 1.54) is 37.6 Å². The van der Waals surface area contributed by atoms with Gasteiger partial charge in [-0.3, -0.25) is 25.4 Å². The van der Waals surface area contributed by atoms with E-state index in [1.807, 2.05) is 11.9 Å². The van der Waals surface area contributed by atoms with Crippen LogP contribution in [0.1, 0.15) is 27.0 Å². The number of nitrogens with one attached hydrogen (secondary N) is 3. The maximum atomic E-state index is 13.9. The summed E-state index contributed by atoms with van der Waals surface area (Å²) in [4.78, 5) is 27.7. The molecule has 2 atom stereocenters. The highest BCUT2D eigenvalue weighted by molar-refractivity contribution is 6.12. The quantitative estimate of drug-likeness (QED) is 0.264. The van der Waals surface area contributed by atoms with Crippen molar-refractivity contribution >= 4 is 29.4 Å². The third kappa shape index (κ3) is 8.25. The number of likely N-dealkylation sites (N-methyl/N-ethyl adjacent to an activating group) is 1. The predicted octanol–water partition coefficient (Wildman–Crippen LogP) is 3.68. The lowest BCUT2D eigenvalue weighted by Crippen LogP contribution is -2.44. The van der Waals surface area contributed by atoms with Gasteiger partial charge in [-0.15, -0.1) is 0 Å². The second-order valence-electron chi connectivity index (χ2n) is 10.0. The Hall–Kier alpha value is -4.13. The highest BCUT2D eigenvalue weighted by atomic mass is 19.4. The van der Waals surface area contributed by atoms with Crippen molar-refractivity contribution < 1.29 is 31.1 Å². The molecule has 3 heterocycles. The van der Waals surface area contributed by atoms with Crippen LogP contribution in [0.25, 0.3) is 0 Å². The number of rotatable bonds is 6. The Kier molecular flexibility index (Phi) is 9.63.